The van der Waals surface area contributed by atoms with Crippen LogP contribution in [0, 0.1) is 0 Å². The first-order chi connectivity index (χ1) is 13.2. The Hall–Kier alpha value is -1.98. The lowest BCUT2D eigenvalue weighted by atomic mass is 10.2. The van der Waals surface area contributed by atoms with Crippen LogP contribution in [0.3, 0.4) is 0 Å². The molecule has 5 nitrogen and oxygen atoms in total. The molecule has 0 aliphatic carbocycles. The minimum atomic E-state index is -4.65. The highest BCUT2D eigenvalue weighted by Crippen LogP contribution is 2.39. The number of carbonyl (C=O) groups is 1. The SMILES string of the molecule is COc1ccc(CSc2c(/C=C3\SC(=S)NC3=O)c(C(F)(F)F)nn2C)cc1. The molecule has 1 fully saturated rings. The number of methoxy groups -OCH3 is 1. The lowest BCUT2D eigenvalue weighted by Gasteiger charge is -2.07. The van der Waals surface area contributed by atoms with Gasteiger partial charge in [-0.2, -0.15) is 18.3 Å². The summed E-state index contributed by atoms with van der Waals surface area (Å²) in [6.45, 7) is 0. The molecule has 1 aromatic carbocycles. The van der Waals surface area contributed by atoms with Crippen LogP contribution in [0.25, 0.3) is 6.08 Å². The second-order valence-electron chi connectivity index (χ2n) is 5.68. The number of carbonyl (C=O) groups excluding carboxylic acids is 1. The summed E-state index contributed by atoms with van der Waals surface area (Å²) >= 11 is 7.03. The maximum Gasteiger partial charge on any atom is 0.435 e. The molecule has 1 aromatic heterocycles. The summed E-state index contributed by atoms with van der Waals surface area (Å²) < 4.78 is 46.9. The van der Waals surface area contributed by atoms with Crippen LogP contribution in [0.1, 0.15) is 16.8 Å². The van der Waals surface area contributed by atoms with Gasteiger partial charge in [-0.05, 0) is 23.8 Å². The molecule has 3 rings (SSSR count). The van der Waals surface area contributed by atoms with E-state index < -0.39 is 17.8 Å². The number of nitrogens with zero attached hydrogens (tertiary/aromatic N) is 2. The van der Waals surface area contributed by atoms with Crippen molar-refractivity contribution in [3.8, 4) is 5.75 Å². The smallest absolute Gasteiger partial charge is 0.435 e. The summed E-state index contributed by atoms with van der Waals surface area (Å²) in [5.74, 6) is 0.603. The van der Waals surface area contributed by atoms with Gasteiger partial charge < -0.3 is 10.1 Å². The van der Waals surface area contributed by atoms with E-state index in [9.17, 15) is 18.0 Å². The van der Waals surface area contributed by atoms with E-state index in [-0.39, 0.29) is 14.8 Å². The summed E-state index contributed by atoms with van der Waals surface area (Å²) in [5.41, 5.74) is -0.268. The number of hydrogen-bond donors (Lipinski definition) is 1. The minimum Gasteiger partial charge on any atom is -0.497 e. The number of thioether (sulfide) groups is 2. The molecule has 1 amide bonds. The van der Waals surface area contributed by atoms with E-state index in [1.54, 1.807) is 19.2 Å². The number of aromatic nitrogens is 2. The third kappa shape index (κ3) is 4.53. The van der Waals surface area contributed by atoms with Crippen molar-refractivity contribution in [2.75, 3.05) is 7.11 Å². The van der Waals surface area contributed by atoms with E-state index in [4.69, 9.17) is 17.0 Å². The number of nitrogens with one attached hydrogen (secondary N) is 1. The van der Waals surface area contributed by atoms with E-state index in [0.717, 1.165) is 17.3 Å². The van der Waals surface area contributed by atoms with Crippen LogP contribution >= 0.6 is 35.7 Å². The molecular weight excluding hydrogens is 431 g/mol. The predicted molar refractivity (Wildman–Crippen MR) is 107 cm³/mol. The molecule has 0 saturated carbocycles. The number of benzene rings is 1. The summed E-state index contributed by atoms with van der Waals surface area (Å²) in [5, 5.41) is 6.35. The molecule has 1 aliphatic heterocycles. The average molecular weight is 446 g/mol. The van der Waals surface area contributed by atoms with E-state index in [0.29, 0.717) is 16.5 Å². The first-order valence-electron chi connectivity index (χ1n) is 7.84. The summed E-state index contributed by atoms with van der Waals surface area (Å²) in [6.07, 6.45) is -3.45. The lowest BCUT2D eigenvalue weighted by Crippen LogP contribution is -2.17. The Bertz CT molecular complexity index is 953. The van der Waals surface area contributed by atoms with Crippen molar-refractivity contribution in [1.82, 2.24) is 15.1 Å². The second kappa shape index (κ2) is 8.18. The van der Waals surface area contributed by atoms with Crippen molar-refractivity contribution in [2.45, 2.75) is 17.0 Å². The summed E-state index contributed by atoms with van der Waals surface area (Å²) in [7, 11) is 3.00. The van der Waals surface area contributed by atoms with Gasteiger partial charge in [0.05, 0.1) is 12.0 Å². The van der Waals surface area contributed by atoms with Gasteiger partial charge in [-0.3, -0.25) is 9.48 Å². The largest absolute Gasteiger partial charge is 0.497 e. The van der Waals surface area contributed by atoms with Gasteiger partial charge in [0.15, 0.2) is 5.69 Å². The maximum absolute atomic E-state index is 13.5. The van der Waals surface area contributed by atoms with Gasteiger partial charge in [-0.15, -0.1) is 11.8 Å². The molecule has 0 bridgehead atoms. The highest BCUT2D eigenvalue weighted by Gasteiger charge is 2.39. The Morgan fingerprint density at radius 2 is 2.04 bits per heavy atom. The van der Waals surface area contributed by atoms with Crippen LogP contribution in [-0.4, -0.2) is 27.1 Å². The quantitative estimate of drug-likeness (QED) is 0.422. The standard InChI is InChI=1S/C17H14F3N3O2S3/c1-23-15(27-8-9-3-5-10(25-2)6-4-9)11(13(22-23)17(18,19)20)7-12-14(24)21-16(26)28-12/h3-7H,8H2,1-2H3,(H,21,24,26)/b12-7-. The van der Waals surface area contributed by atoms with Crippen molar-refractivity contribution < 1.29 is 22.7 Å². The molecule has 2 heterocycles. The molecule has 1 aliphatic rings. The Morgan fingerprint density at radius 3 is 2.57 bits per heavy atom. The zero-order valence-corrected chi connectivity index (χ0v) is 17.1. The van der Waals surface area contributed by atoms with E-state index in [2.05, 4.69) is 10.4 Å². The third-order valence-electron chi connectivity index (χ3n) is 3.75. The minimum absolute atomic E-state index is 0.106. The second-order valence-corrected chi connectivity index (χ2v) is 8.36. The van der Waals surface area contributed by atoms with E-state index in [1.807, 2.05) is 12.1 Å². The Morgan fingerprint density at radius 1 is 1.36 bits per heavy atom. The molecule has 148 valence electrons. The van der Waals surface area contributed by atoms with Crippen LogP contribution in [0.4, 0.5) is 13.2 Å². The number of halogens is 3. The number of thiocarbonyl (C=S) groups is 1. The number of ether oxygens (including phenoxy) is 1. The monoisotopic (exact) mass is 445 g/mol. The fourth-order valence-electron chi connectivity index (χ4n) is 2.46. The lowest BCUT2D eigenvalue weighted by molar-refractivity contribution is -0.141. The Kier molecular flexibility index (Phi) is 6.06. The number of alkyl halides is 3. The van der Waals surface area contributed by atoms with Gasteiger partial charge in [0.1, 0.15) is 15.1 Å². The fraction of sp³-hybridized carbons (Fsp3) is 0.235. The first-order valence-corrected chi connectivity index (χ1v) is 10.0. The Balaban J connectivity index is 1.95. The zero-order chi connectivity index (χ0) is 20.5. The van der Waals surface area contributed by atoms with Crippen molar-refractivity contribution in [3.63, 3.8) is 0 Å². The molecule has 0 unspecified atom stereocenters. The molecule has 0 radical (unpaired) electrons. The molecule has 2 aromatic rings. The van der Waals surface area contributed by atoms with Crippen LogP contribution in [0.5, 0.6) is 5.75 Å². The van der Waals surface area contributed by atoms with Crippen LogP contribution in [-0.2, 0) is 23.8 Å². The number of amides is 1. The zero-order valence-electron chi connectivity index (χ0n) is 14.7. The van der Waals surface area contributed by atoms with Gasteiger partial charge in [-0.25, -0.2) is 0 Å². The molecule has 1 N–H and O–H groups in total. The van der Waals surface area contributed by atoms with Crippen LogP contribution in [0.2, 0.25) is 0 Å². The topological polar surface area (TPSA) is 56.1 Å². The molecule has 0 spiro atoms. The van der Waals surface area contributed by atoms with Gasteiger partial charge in [0.2, 0.25) is 0 Å². The van der Waals surface area contributed by atoms with Crippen LogP contribution in [0.15, 0.2) is 34.2 Å². The summed E-state index contributed by atoms with van der Waals surface area (Å²) in [6, 6.07) is 7.24. The number of hydrogen-bond acceptors (Lipinski definition) is 6. The van der Waals surface area contributed by atoms with Gasteiger partial charge >= 0.3 is 6.18 Å². The summed E-state index contributed by atoms with van der Waals surface area (Å²) in [4.78, 5) is 12.0. The predicted octanol–water partition coefficient (Wildman–Crippen LogP) is 4.23. The highest BCUT2D eigenvalue weighted by atomic mass is 32.2. The molecule has 11 heteroatoms. The number of aryl methyl sites for hydroxylation is 1. The molecule has 0 atom stereocenters. The average Bonchev–Trinajstić information content (AvgIpc) is 3.12. The molecule has 1 saturated heterocycles. The molecular formula is C17H14F3N3O2S3. The van der Waals surface area contributed by atoms with Gasteiger partial charge in [0.25, 0.3) is 5.91 Å². The highest BCUT2D eigenvalue weighted by molar-refractivity contribution is 8.26. The fourth-order valence-corrected chi connectivity index (χ4v) is 4.52. The van der Waals surface area contributed by atoms with Crippen molar-refractivity contribution >= 4 is 52.0 Å². The van der Waals surface area contributed by atoms with E-state index in [1.165, 1.54) is 29.6 Å². The number of rotatable bonds is 5. The molecule has 28 heavy (non-hydrogen) atoms. The normalized spacial score (nSPS) is 16.0. The van der Waals surface area contributed by atoms with Crippen molar-refractivity contribution in [2.24, 2.45) is 7.05 Å². The Labute approximate surface area is 172 Å². The maximum atomic E-state index is 13.5. The van der Waals surface area contributed by atoms with Crippen molar-refractivity contribution in [1.29, 1.82) is 0 Å². The van der Waals surface area contributed by atoms with Crippen LogP contribution < -0.4 is 10.1 Å². The van der Waals surface area contributed by atoms with E-state index >= 15 is 0 Å². The third-order valence-corrected chi connectivity index (χ3v) is 6.15. The van der Waals surface area contributed by atoms with Gasteiger partial charge in [-0.1, -0.05) is 36.1 Å². The van der Waals surface area contributed by atoms with Gasteiger partial charge in [0, 0.05) is 18.4 Å². The van der Waals surface area contributed by atoms with Crippen molar-refractivity contribution in [3.05, 3.63) is 46.0 Å². The first kappa shape index (κ1) is 20.7.